The van der Waals surface area contributed by atoms with Crippen LogP contribution in [0.15, 0.2) is 30.3 Å². The van der Waals surface area contributed by atoms with E-state index in [2.05, 4.69) is 5.32 Å². The summed E-state index contributed by atoms with van der Waals surface area (Å²) in [5, 5.41) is 33.9. The summed E-state index contributed by atoms with van der Waals surface area (Å²) in [5.74, 6) is -2.43. The smallest absolute Gasteiger partial charge is 0.407 e. The quantitative estimate of drug-likeness (QED) is 0.336. The van der Waals surface area contributed by atoms with Crippen molar-refractivity contribution in [1.82, 2.24) is 5.32 Å². The average molecular weight is 453 g/mol. The van der Waals surface area contributed by atoms with Crippen molar-refractivity contribution in [3.63, 3.8) is 0 Å². The lowest BCUT2D eigenvalue weighted by Crippen LogP contribution is -2.51. The van der Waals surface area contributed by atoms with Crippen molar-refractivity contribution in [3.8, 4) is 0 Å². The molecule has 0 aromatic heterocycles. The largest absolute Gasteiger partial charge is 0.444 e. The van der Waals surface area contributed by atoms with E-state index < -0.39 is 53.2 Å². The van der Waals surface area contributed by atoms with Gasteiger partial charge in [-0.05, 0) is 45.6 Å². The molecule has 0 heterocycles. The summed E-state index contributed by atoms with van der Waals surface area (Å²) in [6, 6.07) is 8.27. The number of amides is 2. The standard InChI is InChI=1S/C23H36N2O7/c1-14(19(28)20(24)29)11-18(27)23(5,31)13-17(26)16(12-15-9-7-6-8-10-15)25-21(30)32-22(2,3)4/h6-10,14,16-17,19,26,28,31H,11-13H2,1-5H3,(H2,24,29)(H,25,30)/t14?,16-,17-,19-,23-/m0/s1. The summed E-state index contributed by atoms with van der Waals surface area (Å²) in [6.45, 7) is 7.83. The van der Waals surface area contributed by atoms with Gasteiger partial charge >= 0.3 is 6.09 Å². The van der Waals surface area contributed by atoms with Gasteiger partial charge in [-0.15, -0.1) is 0 Å². The third-order valence-electron chi connectivity index (χ3n) is 5.01. The Kier molecular flexibility index (Phi) is 9.81. The molecule has 9 nitrogen and oxygen atoms in total. The average Bonchev–Trinajstić information content (AvgIpc) is 2.65. The number of nitrogens with two attached hydrogens (primary N) is 1. The Morgan fingerprint density at radius 3 is 2.16 bits per heavy atom. The van der Waals surface area contributed by atoms with E-state index in [1.807, 2.05) is 30.3 Å². The molecule has 32 heavy (non-hydrogen) atoms. The van der Waals surface area contributed by atoms with Crippen molar-refractivity contribution in [2.24, 2.45) is 11.7 Å². The van der Waals surface area contributed by atoms with Crippen molar-refractivity contribution in [2.45, 2.75) is 83.3 Å². The minimum atomic E-state index is -1.96. The summed E-state index contributed by atoms with van der Waals surface area (Å²) < 4.78 is 5.27. The van der Waals surface area contributed by atoms with Crippen LogP contribution in [0.4, 0.5) is 4.79 Å². The molecule has 0 fully saturated rings. The Balaban J connectivity index is 2.94. The fraction of sp³-hybridized carbons (Fsp3) is 0.609. The van der Waals surface area contributed by atoms with Gasteiger partial charge in [-0.3, -0.25) is 9.59 Å². The van der Waals surface area contributed by atoms with Gasteiger partial charge in [0.1, 0.15) is 17.3 Å². The molecule has 1 rings (SSSR count). The normalized spacial score (nSPS) is 17.4. The first-order valence-corrected chi connectivity index (χ1v) is 10.6. The molecule has 1 aromatic carbocycles. The van der Waals surface area contributed by atoms with Crippen LogP contribution >= 0.6 is 0 Å². The Morgan fingerprint density at radius 2 is 1.66 bits per heavy atom. The van der Waals surface area contributed by atoms with Crippen molar-refractivity contribution in [3.05, 3.63) is 35.9 Å². The lowest BCUT2D eigenvalue weighted by Gasteiger charge is -2.31. The summed E-state index contributed by atoms with van der Waals surface area (Å²) in [4.78, 5) is 36.0. The van der Waals surface area contributed by atoms with Gasteiger partial charge in [0.25, 0.3) is 0 Å². The summed E-state index contributed by atoms with van der Waals surface area (Å²) in [5.41, 5.74) is 3.17. The molecule has 0 aliphatic carbocycles. The Bertz CT molecular complexity index is 774. The number of benzene rings is 1. The number of carbonyl (C=O) groups is 3. The van der Waals surface area contributed by atoms with Crippen LogP contribution in [0.2, 0.25) is 0 Å². The van der Waals surface area contributed by atoms with E-state index in [0.29, 0.717) is 0 Å². The molecule has 5 atom stereocenters. The number of primary amides is 1. The van der Waals surface area contributed by atoms with E-state index in [0.717, 1.165) is 5.56 Å². The molecule has 9 heteroatoms. The Labute approximate surface area is 189 Å². The number of ketones is 1. The highest BCUT2D eigenvalue weighted by molar-refractivity contribution is 5.88. The summed E-state index contributed by atoms with van der Waals surface area (Å²) in [7, 11) is 0. The highest BCUT2D eigenvalue weighted by Gasteiger charge is 2.38. The molecule has 1 unspecified atom stereocenters. The molecular formula is C23H36N2O7. The summed E-state index contributed by atoms with van der Waals surface area (Å²) >= 11 is 0. The zero-order chi connectivity index (χ0) is 24.7. The number of Topliss-reactive ketones (excluding diaryl/α,β-unsaturated/α-hetero) is 1. The third-order valence-corrected chi connectivity index (χ3v) is 5.01. The maximum atomic E-state index is 12.6. The maximum Gasteiger partial charge on any atom is 0.407 e. The van der Waals surface area contributed by atoms with E-state index in [1.54, 1.807) is 20.8 Å². The van der Waals surface area contributed by atoms with Crippen LogP contribution < -0.4 is 11.1 Å². The van der Waals surface area contributed by atoms with E-state index in [-0.39, 0.29) is 19.3 Å². The summed E-state index contributed by atoms with van der Waals surface area (Å²) in [6.07, 6.45) is -4.01. The zero-order valence-electron chi connectivity index (χ0n) is 19.4. The predicted octanol–water partition coefficient (Wildman–Crippen LogP) is 1.07. The van der Waals surface area contributed by atoms with Gasteiger partial charge in [-0.2, -0.15) is 0 Å². The maximum absolute atomic E-state index is 12.6. The van der Waals surface area contributed by atoms with Crippen molar-refractivity contribution in [1.29, 1.82) is 0 Å². The topological polar surface area (TPSA) is 159 Å². The second-order valence-corrected chi connectivity index (χ2v) is 9.44. The lowest BCUT2D eigenvalue weighted by atomic mass is 9.84. The molecule has 0 radical (unpaired) electrons. The number of alkyl carbamates (subject to hydrolysis) is 1. The molecule has 0 saturated carbocycles. The highest BCUT2D eigenvalue weighted by atomic mass is 16.6. The van der Waals surface area contributed by atoms with Crippen LogP contribution in [0.25, 0.3) is 0 Å². The first-order chi connectivity index (χ1) is 14.6. The molecule has 0 aliphatic rings. The minimum absolute atomic E-state index is 0.238. The van der Waals surface area contributed by atoms with Gasteiger partial charge in [-0.1, -0.05) is 37.3 Å². The Hall–Kier alpha value is -2.49. The molecule has 0 spiro atoms. The van der Waals surface area contributed by atoms with Crippen LogP contribution in [0, 0.1) is 5.92 Å². The fourth-order valence-corrected chi connectivity index (χ4v) is 3.18. The zero-order valence-corrected chi connectivity index (χ0v) is 19.4. The lowest BCUT2D eigenvalue weighted by molar-refractivity contribution is -0.142. The number of rotatable bonds is 11. The number of carbonyl (C=O) groups excluding carboxylic acids is 3. The molecule has 2 amide bonds. The van der Waals surface area contributed by atoms with Crippen LogP contribution in [-0.2, 0) is 20.7 Å². The van der Waals surface area contributed by atoms with E-state index in [9.17, 15) is 29.7 Å². The minimum Gasteiger partial charge on any atom is -0.444 e. The monoisotopic (exact) mass is 452 g/mol. The number of ether oxygens (including phenoxy) is 1. The molecular weight excluding hydrogens is 416 g/mol. The van der Waals surface area contributed by atoms with Gasteiger partial charge in [0.2, 0.25) is 5.91 Å². The van der Waals surface area contributed by atoms with Crippen LogP contribution in [0.5, 0.6) is 0 Å². The molecule has 0 saturated heterocycles. The first kappa shape index (κ1) is 27.5. The van der Waals surface area contributed by atoms with E-state index in [1.165, 1.54) is 13.8 Å². The van der Waals surface area contributed by atoms with Crippen molar-refractivity contribution in [2.75, 3.05) is 0 Å². The van der Waals surface area contributed by atoms with E-state index >= 15 is 0 Å². The van der Waals surface area contributed by atoms with Crippen molar-refractivity contribution < 1.29 is 34.4 Å². The van der Waals surface area contributed by atoms with Gasteiger partial charge in [-0.25, -0.2) is 4.79 Å². The van der Waals surface area contributed by atoms with Crippen molar-refractivity contribution >= 4 is 17.8 Å². The number of hydrogen-bond acceptors (Lipinski definition) is 7. The number of nitrogens with one attached hydrogen (secondary N) is 1. The second kappa shape index (κ2) is 11.4. The van der Waals surface area contributed by atoms with Gasteiger partial charge in [0.05, 0.1) is 12.1 Å². The van der Waals surface area contributed by atoms with Crippen LogP contribution in [0.3, 0.4) is 0 Å². The fourth-order valence-electron chi connectivity index (χ4n) is 3.18. The third kappa shape index (κ3) is 9.33. The molecule has 180 valence electrons. The van der Waals surface area contributed by atoms with E-state index in [4.69, 9.17) is 10.5 Å². The number of aliphatic hydroxyl groups is 3. The molecule has 6 N–H and O–H groups in total. The first-order valence-electron chi connectivity index (χ1n) is 10.6. The number of aliphatic hydroxyl groups excluding tert-OH is 2. The highest BCUT2D eigenvalue weighted by Crippen LogP contribution is 2.22. The van der Waals surface area contributed by atoms with Gasteiger partial charge < -0.3 is 31.1 Å². The number of hydrogen-bond donors (Lipinski definition) is 5. The Morgan fingerprint density at radius 1 is 1.09 bits per heavy atom. The predicted molar refractivity (Wildman–Crippen MR) is 119 cm³/mol. The van der Waals surface area contributed by atoms with Crippen LogP contribution in [-0.4, -0.2) is 62.6 Å². The SMILES string of the molecule is CC(CC(=O)[C@@](C)(O)C[C@H](O)[C@H](Cc1ccccc1)NC(=O)OC(C)(C)C)[C@H](O)C(N)=O. The van der Waals surface area contributed by atoms with Gasteiger partial charge in [0.15, 0.2) is 5.78 Å². The second-order valence-electron chi connectivity index (χ2n) is 9.44. The molecule has 1 aromatic rings. The van der Waals surface area contributed by atoms with Gasteiger partial charge in [0, 0.05) is 12.8 Å². The molecule has 0 aliphatic heterocycles. The molecule has 0 bridgehead atoms. The van der Waals surface area contributed by atoms with Crippen LogP contribution in [0.1, 0.15) is 53.0 Å².